The van der Waals surface area contributed by atoms with Gasteiger partial charge in [0.15, 0.2) is 0 Å². The van der Waals surface area contributed by atoms with E-state index in [1.165, 1.54) is 12.4 Å². The Morgan fingerprint density at radius 3 is 2.95 bits per heavy atom. The lowest BCUT2D eigenvalue weighted by Crippen LogP contribution is -2.48. The van der Waals surface area contributed by atoms with E-state index in [2.05, 4.69) is 4.98 Å². The number of morpholine rings is 1. The number of primary amides is 1. The van der Waals surface area contributed by atoms with Crippen molar-refractivity contribution in [2.45, 2.75) is 25.4 Å². The van der Waals surface area contributed by atoms with Crippen molar-refractivity contribution in [3.05, 3.63) is 18.2 Å². The SMILES string of the molecule is NC(=O)C1CN(Cc2nccn2CC(F)(F)F)CCO1. The van der Waals surface area contributed by atoms with E-state index in [1.54, 1.807) is 4.90 Å². The first-order valence-corrected chi connectivity index (χ1v) is 6.05. The summed E-state index contributed by atoms with van der Waals surface area (Å²) >= 11 is 0. The van der Waals surface area contributed by atoms with E-state index in [9.17, 15) is 18.0 Å². The Kier molecular flexibility index (Phi) is 4.29. The van der Waals surface area contributed by atoms with Crippen LogP contribution >= 0.6 is 0 Å². The van der Waals surface area contributed by atoms with Gasteiger partial charge in [0.25, 0.3) is 0 Å². The van der Waals surface area contributed by atoms with Crippen molar-refractivity contribution in [3.8, 4) is 0 Å². The normalized spacial score (nSPS) is 21.1. The summed E-state index contributed by atoms with van der Waals surface area (Å²) in [5, 5.41) is 0. The molecule has 1 aliphatic rings. The summed E-state index contributed by atoms with van der Waals surface area (Å²) in [6.45, 7) is 0.229. The number of carbonyl (C=O) groups excluding carboxylic acids is 1. The number of nitrogens with two attached hydrogens (primary N) is 1. The molecule has 2 heterocycles. The van der Waals surface area contributed by atoms with Gasteiger partial charge in [0.1, 0.15) is 18.5 Å². The van der Waals surface area contributed by atoms with Crippen LogP contribution in [0.3, 0.4) is 0 Å². The molecule has 1 unspecified atom stereocenters. The molecule has 1 aliphatic heterocycles. The molecule has 1 aromatic rings. The van der Waals surface area contributed by atoms with Crippen LogP contribution < -0.4 is 5.73 Å². The van der Waals surface area contributed by atoms with Crippen molar-refractivity contribution >= 4 is 5.91 Å². The lowest BCUT2D eigenvalue weighted by atomic mass is 10.2. The summed E-state index contributed by atoms with van der Waals surface area (Å²) in [7, 11) is 0. The molecule has 0 radical (unpaired) electrons. The van der Waals surface area contributed by atoms with Gasteiger partial charge in [0.05, 0.1) is 13.2 Å². The summed E-state index contributed by atoms with van der Waals surface area (Å²) < 4.78 is 43.4. The molecule has 1 saturated heterocycles. The molecule has 0 spiro atoms. The molecule has 1 fully saturated rings. The third-order valence-electron chi connectivity index (χ3n) is 2.98. The predicted octanol–water partition coefficient (Wildman–Crippen LogP) is 0.131. The summed E-state index contributed by atoms with van der Waals surface area (Å²) in [6.07, 6.45) is -2.41. The van der Waals surface area contributed by atoms with Crippen LogP contribution in [0.15, 0.2) is 12.4 Å². The van der Waals surface area contributed by atoms with Gasteiger partial charge >= 0.3 is 6.18 Å². The molecular weight excluding hydrogens is 277 g/mol. The molecule has 112 valence electrons. The average molecular weight is 292 g/mol. The minimum Gasteiger partial charge on any atom is -0.367 e. The van der Waals surface area contributed by atoms with Crippen LogP contribution in [0.4, 0.5) is 13.2 Å². The molecule has 2 N–H and O–H groups in total. The number of ether oxygens (including phenoxy) is 1. The molecule has 0 saturated carbocycles. The van der Waals surface area contributed by atoms with Crippen LogP contribution in [0.25, 0.3) is 0 Å². The number of halogens is 3. The summed E-state index contributed by atoms with van der Waals surface area (Å²) in [4.78, 5) is 16.8. The van der Waals surface area contributed by atoms with Crippen LogP contribution in [-0.4, -0.2) is 52.3 Å². The number of rotatable bonds is 4. The summed E-state index contributed by atoms with van der Waals surface area (Å²) in [5.41, 5.74) is 5.16. The monoisotopic (exact) mass is 292 g/mol. The fourth-order valence-corrected chi connectivity index (χ4v) is 2.05. The zero-order valence-corrected chi connectivity index (χ0v) is 10.6. The van der Waals surface area contributed by atoms with E-state index >= 15 is 0 Å². The number of carbonyl (C=O) groups is 1. The molecular formula is C11H15F3N4O2. The van der Waals surface area contributed by atoms with Crippen molar-refractivity contribution in [1.29, 1.82) is 0 Å². The first-order valence-electron chi connectivity index (χ1n) is 6.05. The lowest BCUT2D eigenvalue weighted by molar-refractivity contribution is -0.141. The minimum absolute atomic E-state index is 0.218. The number of nitrogens with zero attached hydrogens (tertiary/aromatic N) is 3. The molecule has 1 aromatic heterocycles. The highest BCUT2D eigenvalue weighted by molar-refractivity contribution is 5.79. The first-order chi connectivity index (χ1) is 9.35. The summed E-state index contributed by atoms with van der Waals surface area (Å²) in [5.74, 6) is -0.277. The highest BCUT2D eigenvalue weighted by Gasteiger charge is 2.30. The number of imidazole rings is 1. The Morgan fingerprint density at radius 1 is 1.55 bits per heavy atom. The Balaban J connectivity index is 2.00. The molecule has 20 heavy (non-hydrogen) atoms. The van der Waals surface area contributed by atoms with Crippen molar-refractivity contribution in [2.75, 3.05) is 19.7 Å². The Labute approximate surface area is 113 Å². The Bertz CT molecular complexity index is 474. The van der Waals surface area contributed by atoms with Gasteiger partial charge in [-0.2, -0.15) is 13.2 Å². The zero-order chi connectivity index (χ0) is 14.8. The van der Waals surface area contributed by atoms with Crippen LogP contribution in [0.1, 0.15) is 5.82 Å². The Morgan fingerprint density at radius 2 is 2.30 bits per heavy atom. The number of hydrogen-bond donors (Lipinski definition) is 1. The van der Waals surface area contributed by atoms with E-state index in [-0.39, 0.29) is 13.1 Å². The number of alkyl halides is 3. The fraction of sp³-hybridized carbons (Fsp3) is 0.636. The second-order valence-electron chi connectivity index (χ2n) is 4.58. The van der Waals surface area contributed by atoms with Crippen molar-refractivity contribution in [1.82, 2.24) is 14.5 Å². The second-order valence-corrected chi connectivity index (χ2v) is 4.58. The first kappa shape index (κ1) is 14.8. The van der Waals surface area contributed by atoms with Gasteiger partial charge in [-0.1, -0.05) is 0 Å². The number of amides is 1. The van der Waals surface area contributed by atoms with Gasteiger partial charge in [-0.15, -0.1) is 0 Å². The Hall–Kier alpha value is -1.61. The van der Waals surface area contributed by atoms with Gasteiger partial charge < -0.3 is 15.0 Å². The van der Waals surface area contributed by atoms with Crippen LogP contribution in [0, 0.1) is 0 Å². The molecule has 9 heteroatoms. The van der Waals surface area contributed by atoms with Crippen molar-refractivity contribution in [2.24, 2.45) is 5.73 Å². The minimum atomic E-state index is -4.30. The van der Waals surface area contributed by atoms with E-state index in [0.717, 1.165) is 4.57 Å². The summed E-state index contributed by atoms with van der Waals surface area (Å²) in [6, 6.07) is 0. The maximum absolute atomic E-state index is 12.4. The fourth-order valence-electron chi connectivity index (χ4n) is 2.05. The van der Waals surface area contributed by atoms with E-state index in [1.807, 2.05) is 0 Å². The van der Waals surface area contributed by atoms with Crippen LogP contribution in [0.2, 0.25) is 0 Å². The molecule has 0 bridgehead atoms. The molecule has 0 aliphatic carbocycles. The van der Waals surface area contributed by atoms with Gasteiger partial charge in [-0.25, -0.2) is 4.98 Å². The molecule has 1 amide bonds. The maximum atomic E-state index is 12.4. The van der Waals surface area contributed by atoms with Gasteiger partial charge in [0.2, 0.25) is 5.91 Å². The van der Waals surface area contributed by atoms with E-state index in [0.29, 0.717) is 19.0 Å². The third kappa shape index (κ3) is 3.94. The molecule has 2 rings (SSSR count). The van der Waals surface area contributed by atoms with Crippen LogP contribution in [-0.2, 0) is 22.6 Å². The second kappa shape index (κ2) is 5.80. The van der Waals surface area contributed by atoms with Gasteiger partial charge in [-0.05, 0) is 0 Å². The highest BCUT2D eigenvalue weighted by atomic mass is 19.4. The lowest BCUT2D eigenvalue weighted by Gasteiger charge is -2.31. The standard InChI is InChI=1S/C11H15F3N4O2/c12-11(13,14)7-18-2-1-16-9(18)6-17-3-4-20-8(5-17)10(15)19/h1-2,8H,3-7H2,(H2,15,19). The third-order valence-corrected chi connectivity index (χ3v) is 2.98. The smallest absolute Gasteiger partial charge is 0.367 e. The topological polar surface area (TPSA) is 73.4 Å². The van der Waals surface area contributed by atoms with Gasteiger partial charge in [-0.3, -0.25) is 9.69 Å². The predicted molar refractivity (Wildman–Crippen MR) is 62.5 cm³/mol. The quantitative estimate of drug-likeness (QED) is 0.856. The number of aromatic nitrogens is 2. The maximum Gasteiger partial charge on any atom is 0.406 e. The van der Waals surface area contributed by atoms with Gasteiger partial charge in [0, 0.05) is 25.5 Å². The molecule has 6 nitrogen and oxygen atoms in total. The zero-order valence-electron chi connectivity index (χ0n) is 10.6. The van der Waals surface area contributed by atoms with Crippen LogP contribution in [0.5, 0.6) is 0 Å². The van der Waals surface area contributed by atoms with E-state index < -0.39 is 24.7 Å². The molecule has 0 aromatic carbocycles. The van der Waals surface area contributed by atoms with E-state index in [4.69, 9.17) is 10.5 Å². The largest absolute Gasteiger partial charge is 0.406 e. The van der Waals surface area contributed by atoms with Crippen molar-refractivity contribution < 1.29 is 22.7 Å². The van der Waals surface area contributed by atoms with Crippen molar-refractivity contribution in [3.63, 3.8) is 0 Å². The number of hydrogen-bond acceptors (Lipinski definition) is 4. The average Bonchev–Trinajstić information content (AvgIpc) is 2.74. The molecule has 1 atom stereocenters. The highest BCUT2D eigenvalue weighted by Crippen LogP contribution is 2.19.